The number of β-amino-alcohol motifs (C(OH)–C–C–N with tert-alkyl or cyclic N) is 1. The fraction of sp³-hybridized carbons (Fsp3) is 0.857. The van der Waals surface area contributed by atoms with Gasteiger partial charge in [0.05, 0.1) is 12.7 Å². The molecule has 12 heavy (non-hydrogen) atoms. The largest absolute Gasteiger partial charge is 0.465 e. The fourth-order valence-electron chi connectivity index (χ4n) is 1.14. The number of nitrogens with one attached hydrogen (secondary N) is 1. The predicted octanol–water partition coefficient (Wildman–Crippen LogP) is -0.306. The number of carbonyl (C=O) groups is 1. The van der Waals surface area contributed by atoms with Crippen LogP contribution in [0.25, 0.3) is 0 Å². The maximum absolute atomic E-state index is 11.0. The maximum atomic E-state index is 11.0. The Morgan fingerprint density at radius 3 is 2.83 bits per heavy atom. The van der Waals surface area contributed by atoms with E-state index in [9.17, 15) is 4.79 Å². The average Bonchev–Trinajstić information content (AvgIpc) is 2.36. The van der Waals surface area contributed by atoms with E-state index in [4.69, 9.17) is 9.84 Å². The Labute approximate surface area is 77.7 Å². The SMILES string of the molecule is CCOC(=O)[C@H]1C[C@@H](O)CN1.Cl. The summed E-state index contributed by atoms with van der Waals surface area (Å²) in [5.74, 6) is -0.260. The average molecular weight is 196 g/mol. The van der Waals surface area contributed by atoms with Crippen molar-refractivity contribution < 1.29 is 14.6 Å². The smallest absolute Gasteiger partial charge is 0.323 e. The van der Waals surface area contributed by atoms with Gasteiger partial charge in [-0.15, -0.1) is 12.4 Å². The van der Waals surface area contributed by atoms with Gasteiger partial charge in [-0.3, -0.25) is 4.79 Å². The molecule has 1 saturated heterocycles. The second-order valence-electron chi connectivity index (χ2n) is 2.60. The Kier molecular flexibility index (Phi) is 5.20. The van der Waals surface area contributed by atoms with Gasteiger partial charge in [-0.2, -0.15) is 0 Å². The topological polar surface area (TPSA) is 58.6 Å². The first-order valence-corrected chi connectivity index (χ1v) is 3.82. The highest BCUT2D eigenvalue weighted by Gasteiger charge is 2.28. The molecule has 1 aliphatic rings. The van der Waals surface area contributed by atoms with Crippen molar-refractivity contribution in [3.05, 3.63) is 0 Å². The molecule has 5 heteroatoms. The van der Waals surface area contributed by atoms with Crippen LogP contribution in [0.3, 0.4) is 0 Å². The lowest BCUT2D eigenvalue weighted by molar-refractivity contribution is -0.145. The molecule has 0 saturated carbocycles. The summed E-state index contributed by atoms with van der Waals surface area (Å²) in [4.78, 5) is 11.0. The Bertz CT molecular complexity index is 154. The van der Waals surface area contributed by atoms with Gasteiger partial charge in [-0.1, -0.05) is 0 Å². The van der Waals surface area contributed by atoms with Gasteiger partial charge < -0.3 is 15.2 Å². The van der Waals surface area contributed by atoms with Crippen LogP contribution in [-0.2, 0) is 9.53 Å². The van der Waals surface area contributed by atoms with Crippen LogP contribution in [0.5, 0.6) is 0 Å². The first-order chi connectivity index (χ1) is 5.24. The number of aliphatic hydroxyl groups excluding tert-OH is 1. The molecule has 0 unspecified atom stereocenters. The summed E-state index contributed by atoms with van der Waals surface area (Å²) in [5.41, 5.74) is 0. The second kappa shape index (κ2) is 5.35. The Morgan fingerprint density at radius 2 is 2.42 bits per heavy atom. The first-order valence-electron chi connectivity index (χ1n) is 3.82. The van der Waals surface area contributed by atoms with E-state index in [1.54, 1.807) is 6.92 Å². The number of halogens is 1. The Balaban J connectivity index is 0.00000121. The van der Waals surface area contributed by atoms with Crippen molar-refractivity contribution in [2.45, 2.75) is 25.5 Å². The van der Waals surface area contributed by atoms with Crippen LogP contribution in [0.1, 0.15) is 13.3 Å². The summed E-state index contributed by atoms with van der Waals surface area (Å²) in [6, 6.07) is -0.301. The highest BCUT2D eigenvalue weighted by Crippen LogP contribution is 2.07. The molecular formula is C7H14ClNO3. The molecule has 0 aromatic heterocycles. The molecule has 4 nitrogen and oxygen atoms in total. The zero-order chi connectivity index (χ0) is 8.27. The monoisotopic (exact) mass is 195 g/mol. The predicted molar refractivity (Wildman–Crippen MR) is 46.3 cm³/mol. The van der Waals surface area contributed by atoms with Gasteiger partial charge in [0.2, 0.25) is 0 Å². The molecule has 0 amide bonds. The van der Waals surface area contributed by atoms with Gasteiger partial charge in [-0.25, -0.2) is 0 Å². The van der Waals surface area contributed by atoms with Crippen molar-refractivity contribution >= 4 is 18.4 Å². The van der Waals surface area contributed by atoms with E-state index >= 15 is 0 Å². The van der Waals surface area contributed by atoms with Crippen LogP contribution in [0.4, 0.5) is 0 Å². The van der Waals surface area contributed by atoms with Crippen LogP contribution < -0.4 is 5.32 Å². The van der Waals surface area contributed by atoms with Crippen LogP contribution in [0.15, 0.2) is 0 Å². The number of hydrogen-bond donors (Lipinski definition) is 2. The molecule has 0 aromatic rings. The van der Waals surface area contributed by atoms with E-state index in [0.717, 1.165) is 0 Å². The highest BCUT2D eigenvalue weighted by atomic mass is 35.5. The number of carbonyl (C=O) groups excluding carboxylic acids is 1. The van der Waals surface area contributed by atoms with Crippen LogP contribution in [0, 0.1) is 0 Å². The minimum atomic E-state index is -0.399. The normalized spacial score (nSPS) is 27.8. The molecule has 0 spiro atoms. The first kappa shape index (κ1) is 11.7. The maximum Gasteiger partial charge on any atom is 0.323 e. The van der Waals surface area contributed by atoms with E-state index in [-0.39, 0.29) is 24.4 Å². The number of rotatable bonds is 2. The van der Waals surface area contributed by atoms with Crippen molar-refractivity contribution in [3.63, 3.8) is 0 Å². The quantitative estimate of drug-likeness (QED) is 0.594. The fourth-order valence-corrected chi connectivity index (χ4v) is 1.14. The second-order valence-corrected chi connectivity index (χ2v) is 2.60. The van der Waals surface area contributed by atoms with E-state index in [0.29, 0.717) is 19.6 Å². The molecule has 1 rings (SSSR count). The van der Waals surface area contributed by atoms with Gasteiger partial charge >= 0.3 is 5.97 Å². The molecule has 0 aliphatic carbocycles. The van der Waals surface area contributed by atoms with Crippen molar-refractivity contribution in [1.82, 2.24) is 5.32 Å². The number of hydrogen-bond acceptors (Lipinski definition) is 4. The molecule has 2 atom stereocenters. The minimum Gasteiger partial charge on any atom is -0.465 e. The van der Waals surface area contributed by atoms with Crippen molar-refractivity contribution in [2.24, 2.45) is 0 Å². The van der Waals surface area contributed by atoms with Crippen LogP contribution in [0.2, 0.25) is 0 Å². The molecule has 2 N–H and O–H groups in total. The van der Waals surface area contributed by atoms with Crippen molar-refractivity contribution in [3.8, 4) is 0 Å². The summed E-state index contributed by atoms with van der Waals surface area (Å²) >= 11 is 0. The number of aliphatic hydroxyl groups is 1. The molecule has 1 fully saturated rings. The zero-order valence-corrected chi connectivity index (χ0v) is 7.76. The van der Waals surface area contributed by atoms with E-state index in [1.807, 2.05) is 0 Å². The third-order valence-corrected chi connectivity index (χ3v) is 1.68. The van der Waals surface area contributed by atoms with E-state index < -0.39 is 6.10 Å². The third kappa shape index (κ3) is 2.97. The lowest BCUT2D eigenvalue weighted by Crippen LogP contribution is -2.32. The van der Waals surface area contributed by atoms with E-state index in [1.165, 1.54) is 0 Å². The van der Waals surface area contributed by atoms with Crippen LogP contribution >= 0.6 is 12.4 Å². The molecule has 72 valence electrons. The third-order valence-electron chi connectivity index (χ3n) is 1.68. The standard InChI is InChI=1S/C7H13NO3.ClH/c1-2-11-7(10)6-3-5(9)4-8-6;/h5-6,8-9H,2-4H2,1H3;1H/t5-,6-;/m1./s1. The number of ether oxygens (including phenoxy) is 1. The van der Waals surface area contributed by atoms with Crippen molar-refractivity contribution in [1.29, 1.82) is 0 Å². The highest BCUT2D eigenvalue weighted by molar-refractivity contribution is 5.85. The van der Waals surface area contributed by atoms with Crippen LogP contribution in [-0.4, -0.2) is 36.4 Å². The number of esters is 1. The minimum absolute atomic E-state index is 0. The molecule has 0 aromatic carbocycles. The van der Waals surface area contributed by atoms with Crippen molar-refractivity contribution in [2.75, 3.05) is 13.2 Å². The molecular weight excluding hydrogens is 182 g/mol. The molecule has 1 heterocycles. The lowest BCUT2D eigenvalue weighted by Gasteiger charge is -2.07. The summed E-state index contributed by atoms with van der Waals surface area (Å²) < 4.78 is 4.76. The zero-order valence-electron chi connectivity index (χ0n) is 6.95. The molecule has 0 bridgehead atoms. The van der Waals surface area contributed by atoms with Gasteiger partial charge in [0, 0.05) is 13.0 Å². The summed E-state index contributed by atoms with van der Waals surface area (Å²) in [6.45, 7) is 2.65. The lowest BCUT2D eigenvalue weighted by atomic mass is 10.2. The van der Waals surface area contributed by atoms with Gasteiger partial charge in [-0.05, 0) is 6.92 Å². The molecule has 0 radical (unpaired) electrons. The summed E-state index contributed by atoms with van der Waals surface area (Å²) in [5, 5.41) is 11.9. The Morgan fingerprint density at radius 1 is 1.75 bits per heavy atom. The Hall–Kier alpha value is -0.320. The van der Waals surface area contributed by atoms with Gasteiger partial charge in [0.15, 0.2) is 0 Å². The summed E-state index contributed by atoms with van der Waals surface area (Å²) in [6.07, 6.45) is 0.0724. The van der Waals surface area contributed by atoms with E-state index in [2.05, 4.69) is 5.32 Å². The summed E-state index contributed by atoms with van der Waals surface area (Å²) in [7, 11) is 0. The molecule has 1 aliphatic heterocycles. The van der Waals surface area contributed by atoms with Gasteiger partial charge in [0.1, 0.15) is 6.04 Å². The van der Waals surface area contributed by atoms with Gasteiger partial charge in [0.25, 0.3) is 0 Å².